The van der Waals surface area contributed by atoms with E-state index in [9.17, 15) is 13.2 Å². The third kappa shape index (κ3) is 4.84. The number of urea groups is 1. The molecular weight excluding hydrogens is 428 g/mol. The number of hydrogen-bond donors (Lipinski definition) is 2. The van der Waals surface area contributed by atoms with Gasteiger partial charge in [0.15, 0.2) is 0 Å². The van der Waals surface area contributed by atoms with Crippen LogP contribution in [0, 0.1) is 6.92 Å². The third-order valence-electron chi connectivity index (χ3n) is 4.92. The molecule has 31 heavy (non-hydrogen) atoms. The van der Waals surface area contributed by atoms with Crippen molar-refractivity contribution in [2.45, 2.75) is 28.5 Å². The second-order valence-electron chi connectivity index (χ2n) is 7.20. The molecule has 2 amide bonds. The van der Waals surface area contributed by atoms with Crippen LogP contribution in [0.1, 0.15) is 17.5 Å². The lowest BCUT2D eigenvalue weighted by Gasteiger charge is -2.17. The van der Waals surface area contributed by atoms with E-state index in [-0.39, 0.29) is 16.2 Å². The lowest BCUT2D eigenvalue weighted by molar-refractivity contribution is 0.244. The summed E-state index contributed by atoms with van der Waals surface area (Å²) in [6, 6.07) is 25.0. The summed E-state index contributed by atoms with van der Waals surface area (Å²) >= 11 is 1.43. The Morgan fingerprint density at radius 2 is 1.48 bits per heavy atom. The molecule has 1 aliphatic heterocycles. The number of aryl methyl sites for hydroxylation is 1. The maximum atomic E-state index is 13.7. The zero-order valence-electron chi connectivity index (χ0n) is 16.9. The second-order valence-corrected chi connectivity index (χ2v) is 10.5. The monoisotopic (exact) mass is 450 g/mol. The molecule has 0 saturated carbocycles. The summed E-state index contributed by atoms with van der Waals surface area (Å²) < 4.78 is 27.4. The average molecular weight is 451 g/mol. The van der Waals surface area contributed by atoms with Crippen LogP contribution < -0.4 is 10.6 Å². The molecule has 5 nitrogen and oxygen atoms in total. The molecule has 0 aliphatic carbocycles. The SMILES string of the molecule is Cc1ccc(S(=O)(=O)C2=C(c3ccccc3)NC(=O)NC(Sc3ccccc3)C2)cc1. The van der Waals surface area contributed by atoms with Gasteiger partial charge in [-0.05, 0) is 36.8 Å². The smallest absolute Gasteiger partial charge is 0.320 e. The molecule has 1 aliphatic rings. The topological polar surface area (TPSA) is 75.3 Å². The van der Waals surface area contributed by atoms with Gasteiger partial charge in [0.05, 0.1) is 20.9 Å². The first-order valence-electron chi connectivity index (χ1n) is 9.83. The van der Waals surface area contributed by atoms with Gasteiger partial charge in [0.2, 0.25) is 9.84 Å². The maximum Gasteiger partial charge on any atom is 0.320 e. The van der Waals surface area contributed by atoms with E-state index in [0.29, 0.717) is 11.3 Å². The number of carbonyl (C=O) groups is 1. The summed E-state index contributed by atoms with van der Waals surface area (Å²) in [5.41, 5.74) is 1.94. The Hall–Kier alpha value is -3.03. The predicted octanol–water partition coefficient (Wildman–Crippen LogP) is 4.96. The van der Waals surface area contributed by atoms with Crippen molar-refractivity contribution in [3.8, 4) is 0 Å². The summed E-state index contributed by atoms with van der Waals surface area (Å²) in [5, 5.41) is 5.24. The minimum atomic E-state index is -3.84. The molecule has 0 radical (unpaired) electrons. The van der Waals surface area contributed by atoms with E-state index in [4.69, 9.17) is 0 Å². The van der Waals surface area contributed by atoms with Crippen LogP contribution in [-0.4, -0.2) is 19.8 Å². The van der Waals surface area contributed by atoms with Gasteiger partial charge in [-0.1, -0.05) is 66.2 Å². The molecule has 7 heteroatoms. The van der Waals surface area contributed by atoms with Crippen molar-refractivity contribution in [1.29, 1.82) is 0 Å². The lowest BCUT2D eigenvalue weighted by atomic mass is 10.1. The van der Waals surface area contributed by atoms with Crippen molar-refractivity contribution in [2.75, 3.05) is 0 Å². The molecule has 2 N–H and O–H groups in total. The lowest BCUT2D eigenvalue weighted by Crippen LogP contribution is -2.37. The number of carbonyl (C=O) groups excluding carboxylic acids is 1. The van der Waals surface area contributed by atoms with Crippen LogP contribution in [0.2, 0.25) is 0 Å². The predicted molar refractivity (Wildman–Crippen MR) is 124 cm³/mol. The van der Waals surface area contributed by atoms with Crippen LogP contribution >= 0.6 is 11.8 Å². The Bertz CT molecular complexity index is 1210. The fourth-order valence-corrected chi connectivity index (χ4v) is 6.13. The molecule has 158 valence electrons. The highest BCUT2D eigenvalue weighted by Crippen LogP contribution is 2.35. The standard InChI is InChI=1S/C24H22N2O3S2/c1-17-12-14-20(15-13-17)31(28,29)21-16-22(30-19-10-6-3-7-11-19)25-24(27)26-23(21)18-8-4-2-5-9-18/h2-15,22H,16H2,1H3,(H2,25,26,27). The molecule has 1 unspecified atom stereocenters. The fraction of sp³-hybridized carbons (Fsp3) is 0.125. The first kappa shape index (κ1) is 21.2. The van der Waals surface area contributed by atoms with Gasteiger partial charge in [-0.3, -0.25) is 0 Å². The van der Waals surface area contributed by atoms with Gasteiger partial charge in [-0.15, -0.1) is 11.8 Å². The number of rotatable bonds is 5. The zero-order valence-corrected chi connectivity index (χ0v) is 18.5. The van der Waals surface area contributed by atoms with Crippen LogP contribution in [0.3, 0.4) is 0 Å². The normalized spacial score (nSPS) is 16.9. The Morgan fingerprint density at radius 1 is 0.871 bits per heavy atom. The van der Waals surface area contributed by atoms with Crippen molar-refractivity contribution in [1.82, 2.24) is 10.6 Å². The average Bonchev–Trinajstić information content (AvgIpc) is 2.94. The summed E-state index contributed by atoms with van der Waals surface area (Å²) in [6.45, 7) is 1.91. The molecular formula is C24H22N2O3S2. The van der Waals surface area contributed by atoms with Gasteiger partial charge in [-0.25, -0.2) is 13.2 Å². The second kappa shape index (κ2) is 8.99. The Balaban J connectivity index is 1.82. The molecule has 0 bridgehead atoms. The molecule has 3 aromatic rings. The van der Waals surface area contributed by atoms with Gasteiger partial charge in [0.25, 0.3) is 0 Å². The molecule has 0 aromatic heterocycles. The minimum absolute atomic E-state index is 0.152. The van der Waals surface area contributed by atoms with Gasteiger partial charge >= 0.3 is 6.03 Å². The Kier molecular flexibility index (Phi) is 6.15. The summed E-state index contributed by atoms with van der Waals surface area (Å²) in [7, 11) is -3.84. The van der Waals surface area contributed by atoms with E-state index >= 15 is 0 Å². The van der Waals surface area contributed by atoms with Crippen molar-refractivity contribution < 1.29 is 13.2 Å². The summed E-state index contributed by atoms with van der Waals surface area (Å²) in [4.78, 5) is 14.0. The largest absolute Gasteiger partial charge is 0.325 e. The molecule has 0 saturated heterocycles. The van der Waals surface area contributed by atoms with Crippen LogP contribution in [-0.2, 0) is 9.84 Å². The van der Waals surface area contributed by atoms with E-state index in [1.807, 2.05) is 55.5 Å². The molecule has 0 fully saturated rings. The number of sulfone groups is 1. The molecule has 1 atom stereocenters. The number of amides is 2. The van der Waals surface area contributed by atoms with Crippen molar-refractivity contribution in [3.05, 3.63) is 101 Å². The van der Waals surface area contributed by atoms with Crippen LogP contribution in [0.15, 0.2) is 99.6 Å². The number of nitrogens with one attached hydrogen (secondary N) is 2. The van der Waals surface area contributed by atoms with E-state index in [2.05, 4.69) is 10.6 Å². The van der Waals surface area contributed by atoms with Gasteiger partial charge < -0.3 is 10.6 Å². The van der Waals surface area contributed by atoms with E-state index < -0.39 is 21.2 Å². The summed E-state index contributed by atoms with van der Waals surface area (Å²) in [5.74, 6) is 0. The van der Waals surface area contributed by atoms with Crippen LogP contribution in [0.5, 0.6) is 0 Å². The first-order valence-corrected chi connectivity index (χ1v) is 12.2. The molecule has 0 spiro atoms. The molecule has 1 heterocycles. The molecule has 4 rings (SSSR count). The Morgan fingerprint density at radius 3 is 2.13 bits per heavy atom. The van der Waals surface area contributed by atoms with Crippen molar-refractivity contribution >= 4 is 33.3 Å². The van der Waals surface area contributed by atoms with E-state index in [0.717, 1.165) is 10.5 Å². The van der Waals surface area contributed by atoms with Gasteiger partial charge in [0.1, 0.15) is 0 Å². The zero-order chi connectivity index (χ0) is 21.8. The highest BCUT2D eigenvalue weighted by Gasteiger charge is 2.32. The number of hydrogen-bond acceptors (Lipinski definition) is 4. The van der Waals surface area contributed by atoms with Gasteiger partial charge in [0, 0.05) is 11.3 Å². The molecule has 3 aromatic carbocycles. The fourth-order valence-electron chi connectivity index (χ4n) is 3.36. The quantitative estimate of drug-likeness (QED) is 0.576. The van der Waals surface area contributed by atoms with E-state index in [1.54, 1.807) is 36.4 Å². The number of thioether (sulfide) groups is 1. The third-order valence-corrected chi connectivity index (χ3v) is 7.95. The highest BCUT2D eigenvalue weighted by atomic mass is 32.2. The first-order chi connectivity index (χ1) is 14.9. The highest BCUT2D eigenvalue weighted by molar-refractivity contribution is 8.00. The number of benzene rings is 3. The van der Waals surface area contributed by atoms with Crippen LogP contribution in [0.4, 0.5) is 4.79 Å². The van der Waals surface area contributed by atoms with Crippen molar-refractivity contribution in [2.24, 2.45) is 0 Å². The maximum absolute atomic E-state index is 13.7. The van der Waals surface area contributed by atoms with Gasteiger partial charge in [-0.2, -0.15) is 0 Å². The summed E-state index contributed by atoms with van der Waals surface area (Å²) in [6.07, 6.45) is 0.152. The van der Waals surface area contributed by atoms with Crippen molar-refractivity contribution in [3.63, 3.8) is 0 Å². The van der Waals surface area contributed by atoms with Crippen LogP contribution in [0.25, 0.3) is 5.70 Å². The minimum Gasteiger partial charge on any atom is -0.325 e. The Labute approximate surface area is 186 Å². The van der Waals surface area contributed by atoms with E-state index in [1.165, 1.54) is 11.8 Å².